The maximum Gasteiger partial charge on any atom is 0.153 e. The first-order valence-corrected chi connectivity index (χ1v) is 10.4. The van der Waals surface area contributed by atoms with E-state index in [9.17, 15) is 5.11 Å². The monoisotopic (exact) mass is 399 g/mol. The van der Waals surface area contributed by atoms with Gasteiger partial charge in [0.1, 0.15) is 17.0 Å². The molecule has 30 heavy (non-hydrogen) atoms. The van der Waals surface area contributed by atoms with E-state index in [1.54, 1.807) is 0 Å². The summed E-state index contributed by atoms with van der Waals surface area (Å²) in [5.74, 6) is 1.09. The fourth-order valence-electron chi connectivity index (χ4n) is 3.65. The standard InChI is InChI=1S/C27H29NO2/c1-26(2,3)18-14-19(25(29)20(15-18)27(4,5)6)21-12-13-23-22(28-21)16-24(30-23)17-10-8-7-9-11-17/h7-16,29H,1-6H3. The van der Waals surface area contributed by atoms with Gasteiger partial charge in [0.25, 0.3) is 0 Å². The minimum Gasteiger partial charge on any atom is -0.507 e. The number of nitrogens with zero attached hydrogens (tertiary/aromatic N) is 1. The Labute approximate surface area is 178 Å². The first-order valence-electron chi connectivity index (χ1n) is 10.4. The van der Waals surface area contributed by atoms with E-state index in [2.05, 4.69) is 53.7 Å². The minimum absolute atomic E-state index is 0.0390. The second-order valence-electron chi connectivity index (χ2n) is 9.98. The predicted octanol–water partition coefficient (Wildman–Crippen LogP) is 7.46. The smallest absolute Gasteiger partial charge is 0.153 e. The van der Waals surface area contributed by atoms with Gasteiger partial charge in [-0.05, 0) is 34.6 Å². The van der Waals surface area contributed by atoms with Crippen molar-refractivity contribution in [2.75, 3.05) is 0 Å². The molecule has 1 N–H and O–H groups in total. The van der Waals surface area contributed by atoms with Crippen LogP contribution in [0.1, 0.15) is 52.7 Å². The second-order valence-corrected chi connectivity index (χ2v) is 9.98. The van der Waals surface area contributed by atoms with Gasteiger partial charge in [0.15, 0.2) is 5.58 Å². The number of furan rings is 1. The van der Waals surface area contributed by atoms with Gasteiger partial charge in [0, 0.05) is 22.8 Å². The van der Waals surface area contributed by atoms with E-state index >= 15 is 0 Å². The number of aromatic nitrogens is 1. The number of rotatable bonds is 2. The lowest BCUT2D eigenvalue weighted by atomic mass is 9.78. The summed E-state index contributed by atoms with van der Waals surface area (Å²) >= 11 is 0. The Bertz CT molecular complexity index is 1210. The van der Waals surface area contributed by atoms with Crippen LogP contribution in [0.2, 0.25) is 0 Å². The molecule has 2 aromatic heterocycles. The molecule has 0 aliphatic rings. The second kappa shape index (κ2) is 7.02. The highest BCUT2D eigenvalue weighted by atomic mass is 16.3. The molecule has 0 atom stereocenters. The molecular formula is C27H29NO2. The molecule has 0 radical (unpaired) electrons. The maximum absolute atomic E-state index is 11.2. The molecule has 0 fully saturated rings. The number of aromatic hydroxyl groups is 1. The molecule has 2 heterocycles. The average molecular weight is 400 g/mol. The van der Waals surface area contributed by atoms with Gasteiger partial charge in [-0.2, -0.15) is 0 Å². The minimum atomic E-state index is -0.180. The Morgan fingerprint density at radius 2 is 1.50 bits per heavy atom. The molecule has 154 valence electrons. The van der Waals surface area contributed by atoms with Crippen molar-refractivity contribution in [2.24, 2.45) is 0 Å². The van der Waals surface area contributed by atoms with Crippen LogP contribution in [0.4, 0.5) is 0 Å². The van der Waals surface area contributed by atoms with Crippen LogP contribution in [0.15, 0.2) is 65.1 Å². The molecule has 4 aromatic rings. The van der Waals surface area contributed by atoms with E-state index in [0.717, 1.165) is 39.2 Å². The fourth-order valence-corrected chi connectivity index (χ4v) is 3.65. The van der Waals surface area contributed by atoms with Crippen LogP contribution in [-0.2, 0) is 10.8 Å². The lowest BCUT2D eigenvalue weighted by Crippen LogP contribution is -2.17. The van der Waals surface area contributed by atoms with Gasteiger partial charge in [0.05, 0.1) is 5.69 Å². The Balaban J connectivity index is 1.89. The summed E-state index contributed by atoms with van der Waals surface area (Å²) in [5.41, 5.74) is 5.94. The topological polar surface area (TPSA) is 46.3 Å². The highest BCUT2D eigenvalue weighted by Crippen LogP contribution is 2.42. The quantitative estimate of drug-likeness (QED) is 0.380. The van der Waals surface area contributed by atoms with Crippen LogP contribution < -0.4 is 0 Å². The first-order chi connectivity index (χ1) is 14.0. The SMILES string of the molecule is CC(C)(C)c1cc(-c2ccc3oc(-c4ccccc4)cc3n2)c(O)c(C(C)(C)C)c1. The van der Waals surface area contributed by atoms with Crippen LogP contribution in [0, 0.1) is 0 Å². The largest absolute Gasteiger partial charge is 0.507 e. The molecule has 4 rings (SSSR count). The van der Waals surface area contributed by atoms with E-state index in [0.29, 0.717) is 5.75 Å². The lowest BCUT2D eigenvalue weighted by Gasteiger charge is -2.27. The zero-order valence-corrected chi connectivity index (χ0v) is 18.6. The number of benzene rings is 2. The molecule has 0 aliphatic carbocycles. The predicted molar refractivity (Wildman–Crippen MR) is 124 cm³/mol. The van der Waals surface area contributed by atoms with Gasteiger partial charge in [-0.3, -0.25) is 0 Å². The Morgan fingerprint density at radius 3 is 2.13 bits per heavy atom. The number of pyridine rings is 1. The Morgan fingerprint density at radius 1 is 0.800 bits per heavy atom. The highest BCUT2D eigenvalue weighted by Gasteiger charge is 2.26. The average Bonchev–Trinajstić information content (AvgIpc) is 3.10. The first kappa shape index (κ1) is 20.2. The zero-order chi connectivity index (χ0) is 21.7. The summed E-state index contributed by atoms with van der Waals surface area (Å²) in [6, 6.07) is 20.0. The van der Waals surface area contributed by atoms with E-state index < -0.39 is 0 Å². The van der Waals surface area contributed by atoms with E-state index in [4.69, 9.17) is 9.40 Å². The Hall–Kier alpha value is -3.07. The van der Waals surface area contributed by atoms with Crippen molar-refractivity contribution in [2.45, 2.75) is 52.4 Å². The summed E-state index contributed by atoms with van der Waals surface area (Å²) in [4.78, 5) is 4.85. The summed E-state index contributed by atoms with van der Waals surface area (Å²) < 4.78 is 6.01. The summed E-state index contributed by atoms with van der Waals surface area (Å²) in [5, 5.41) is 11.2. The molecule has 0 saturated heterocycles. The number of phenols is 1. The summed E-state index contributed by atoms with van der Waals surface area (Å²) in [6.07, 6.45) is 0. The molecule has 0 spiro atoms. The van der Waals surface area contributed by atoms with Crippen LogP contribution in [0.5, 0.6) is 5.75 Å². The van der Waals surface area contributed by atoms with E-state index in [1.807, 2.05) is 48.5 Å². The van der Waals surface area contributed by atoms with Gasteiger partial charge in [0.2, 0.25) is 0 Å². The van der Waals surface area contributed by atoms with Crippen molar-refractivity contribution in [1.82, 2.24) is 4.98 Å². The highest BCUT2D eigenvalue weighted by molar-refractivity contribution is 5.83. The van der Waals surface area contributed by atoms with Crippen molar-refractivity contribution in [1.29, 1.82) is 0 Å². The van der Waals surface area contributed by atoms with Crippen molar-refractivity contribution in [3.05, 3.63) is 71.8 Å². The van der Waals surface area contributed by atoms with Crippen molar-refractivity contribution in [3.63, 3.8) is 0 Å². The summed E-state index contributed by atoms with van der Waals surface area (Å²) in [6.45, 7) is 12.9. The van der Waals surface area contributed by atoms with Crippen LogP contribution >= 0.6 is 0 Å². The number of hydrogen-bond donors (Lipinski definition) is 1. The van der Waals surface area contributed by atoms with Gasteiger partial charge >= 0.3 is 0 Å². The number of hydrogen-bond acceptors (Lipinski definition) is 3. The molecule has 0 bridgehead atoms. The van der Waals surface area contributed by atoms with Gasteiger partial charge in [-0.1, -0.05) is 77.9 Å². The lowest BCUT2D eigenvalue weighted by molar-refractivity contribution is 0.446. The normalized spacial score (nSPS) is 12.5. The number of fused-ring (bicyclic) bond motifs is 1. The maximum atomic E-state index is 11.2. The van der Waals surface area contributed by atoms with E-state index in [-0.39, 0.29) is 10.8 Å². The Kier molecular flexibility index (Phi) is 4.73. The van der Waals surface area contributed by atoms with E-state index in [1.165, 1.54) is 5.56 Å². The van der Waals surface area contributed by atoms with Gasteiger partial charge < -0.3 is 9.52 Å². The van der Waals surface area contributed by atoms with Gasteiger partial charge in [-0.15, -0.1) is 0 Å². The molecule has 3 heteroatoms. The van der Waals surface area contributed by atoms with Crippen LogP contribution in [0.3, 0.4) is 0 Å². The molecule has 0 aliphatic heterocycles. The fraction of sp³-hybridized carbons (Fsp3) is 0.296. The zero-order valence-electron chi connectivity index (χ0n) is 18.6. The summed E-state index contributed by atoms with van der Waals surface area (Å²) in [7, 11) is 0. The van der Waals surface area contributed by atoms with Crippen molar-refractivity contribution in [3.8, 4) is 28.3 Å². The molecule has 0 amide bonds. The van der Waals surface area contributed by atoms with Gasteiger partial charge in [-0.25, -0.2) is 4.98 Å². The molecular weight excluding hydrogens is 370 g/mol. The third kappa shape index (κ3) is 3.72. The molecule has 3 nitrogen and oxygen atoms in total. The van der Waals surface area contributed by atoms with Crippen LogP contribution in [0.25, 0.3) is 33.7 Å². The van der Waals surface area contributed by atoms with Crippen molar-refractivity contribution >= 4 is 11.1 Å². The molecule has 0 unspecified atom stereocenters. The molecule has 0 saturated carbocycles. The van der Waals surface area contributed by atoms with Crippen molar-refractivity contribution < 1.29 is 9.52 Å². The number of phenolic OH excluding ortho intramolecular Hbond substituents is 1. The molecule has 2 aromatic carbocycles. The third-order valence-corrected chi connectivity index (χ3v) is 5.49. The van der Waals surface area contributed by atoms with Crippen LogP contribution in [-0.4, -0.2) is 10.1 Å². The third-order valence-electron chi connectivity index (χ3n) is 5.49.